The van der Waals surface area contributed by atoms with Crippen molar-refractivity contribution in [1.29, 1.82) is 0 Å². The Bertz CT molecular complexity index is 198. The Morgan fingerprint density at radius 2 is 1.92 bits per heavy atom. The molecule has 0 aromatic heterocycles. The van der Waals surface area contributed by atoms with E-state index in [1.165, 1.54) is 12.8 Å². The van der Waals surface area contributed by atoms with E-state index in [1.54, 1.807) is 0 Å². The van der Waals surface area contributed by atoms with Crippen LogP contribution in [0, 0.1) is 0 Å². The Morgan fingerprint density at radius 3 is 2.46 bits per heavy atom. The van der Waals surface area contributed by atoms with Crippen LogP contribution in [0.2, 0.25) is 0 Å². The summed E-state index contributed by atoms with van der Waals surface area (Å²) in [5, 5.41) is 11.9. The summed E-state index contributed by atoms with van der Waals surface area (Å²) in [6, 6.07) is 1.48. The molecule has 0 saturated carbocycles. The summed E-state index contributed by atoms with van der Waals surface area (Å²) in [7, 11) is 0. The molecule has 5 nitrogen and oxygen atoms in total. The second-order valence-electron chi connectivity index (χ2n) is 3.88. The zero-order chi connectivity index (χ0) is 9.26. The predicted octanol–water partition coefficient (Wildman–Crippen LogP) is 0.0416. The molecule has 2 heterocycles. The van der Waals surface area contributed by atoms with Gasteiger partial charge in [-0.3, -0.25) is 5.43 Å². The summed E-state index contributed by atoms with van der Waals surface area (Å²) >= 11 is 0. The third-order valence-corrected chi connectivity index (χ3v) is 2.86. The second kappa shape index (κ2) is 3.51. The Morgan fingerprint density at radius 1 is 1.31 bits per heavy atom. The summed E-state index contributed by atoms with van der Waals surface area (Å²) in [6.45, 7) is 0. The van der Waals surface area contributed by atoms with E-state index in [9.17, 15) is 4.79 Å². The van der Waals surface area contributed by atoms with Crippen LogP contribution in [0.5, 0.6) is 0 Å². The molecule has 2 bridgehead atoms. The molecular weight excluding hydrogens is 170 g/mol. The van der Waals surface area contributed by atoms with E-state index in [1.807, 2.05) is 0 Å². The molecule has 5 heteroatoms. The lowest BCUT2D eigenvalue weighted by Crippen LogP contribution is -2.51. The average molecular weight is 185 g/mol. The first-order chi connectivity index (χ1) is 6.24. The first kappa shape index (κ1) is 8.77. The molecule has 2 unspecified atom stereocenters. The molecule has 2 fully saturated rings. The number of nitrogens with one attached hydrogen (secondary N) is 3. The van der Waals surface area contributed by atoms with Crippen molar-refractivity contribution < 1.29 is 9.90 Å². The lowest BCUT2D eigenvalue weighted by atomic mass is 10.0. The van der Waals surface area contributed by atoms with Crippen LogP contribution in [0.25, 0.3) is 0 Å². The van der Waals surface area contributed by atoms with Crippen molar-refractivity contribution in [3.63, 3.8) is 0 Å². The minimum Gasteiger partial charge on any atom is -0.464 e. The van der Waals surface area contributed by atoms with Gasteiger partial charge in [0.05, 0.1) is 0 Å². The monoisotopic (exact) mass is 185 g/mol. The van der Waals surface area contributed by atoms with Crippen molar-refractivity contribution in [1.82, 2.24) is 16.2 Å². The molecule has 2 aliphatic heterocycles. The molecule has 0 spiro atoms. The summed E-state index contributed by atoms with van der Waals surface area (Å²) < 4.78 is 0. The molecule has 0 radical (unpaired) electrons. The van der Waals surface area contributed by atoms with Gasteiger partial charge in [-0.15, -0.1) is 0 Å². The summed E-state index contributed by atoms with van der Waals surface area (Å²) in [5.74, 6) is 0. The van der Waals surface area contributed by atoms with Gasteiger partial charge in [0.2, 0.25) is 0 Å². The Kier molecular flexibility index (Phi) is 2.37. The minimum atomic E-state index is -1.01. The number of hydrazine groups is 1. The maximum atomic E-state index is 10.2. The van der Waals surface area contributed by atoms with Gasteiger partial charge in [0.15, 0.2) is 0 Å². The highest BCUT2D eigenvalue weighted by Gasteiger charge is 2.33. The number of rotatable bonds is 2. The molecule has 0 aromatic carbocycles. The third kappa shape index (κ3) is 2.10. The molecular formula is C8H15N3O2. The number of hydrogen-bond donors (Lipinski definition) is 4. The van der Waals surface area contributed by atoms with Crippen molar-refractivity contribution in [2.45, 2.75) is 43.8 Å². The standard InChI is InChI=1S/C8H15N3O2/c12-8(13)11-10-7-3-5-1-2-6(4-7)9-5/h5-7,9-11H,1-4H2,(H,12,13). The molecule has 74 valence electrons. The SMILES string of the molecule is O=C(O)NNC1CC2CCC(C1)N2. The quantitative estimate of drug-likeness (QED) is 0.458. The van der Waals surface area contributed by atoms with Crippen molar-refractivity contribution >= 4 is 6.09 Å². The van der Waals surface area contributed by atoms with Crippen LogP contribution in [0.15, 0.2) is 0 Å². The van der Waals surface area contributed by atoms with Gasteiger partial charge in [0.25, 0.3) is 0 Å². The van der Waals surface area contributed by atoms with Crippen molar-refractivity contribution in [2.24, 2.45) is 0 Å². The highest BCUT2D eigenvalue weighted by Crippen LogP contribution is 2.26. The van der Waals surface area contributed by atoms with E-state index in [0.717, 1.165) is 12.8 Å². The minimum absolute atomic E-state index is 0.301. The highest BCUT2D eigenvalue weighted by atomic mass is 16.4. The van der Waals surface area contributed by atoms with Crippen molar-refractivity contribution in [3.05, 3.63) is 0 Å². The number of fused-ring (bicyclic) bond motifs is 2. The van der Waals surface area contributed by atoms with E-state index in [2.05, 4.69) is 16.2 Å². The molecule has 1 amide bonds. The Balaban J connectivity index is 1.78. The first-order valence-corrected chi connectivity index (χ1v) is 4.74. The summed E-state index contributed by atoms with van der Waals surface area (Å²) in [4.78, 5) is 10.2. The van der Waals surface area contributed by atoms with E-state index in [4.69, 9.17) is 5.11 Å². The number of piperidine rings is 1. The molecule has 0 aromatic rings. The molecule has 2 saturated heterocycles. The van der Waals surface area contributed by atoms with Gasteiger partial charge in [0.1, 0.15) is 0 Å². The van der Waals surface area contributed by atoms with Crippen molar-refractivity contribution in [2.75, 3.05) is 0 Å². The highest BCUT2D eigenvalue weighted by molar-refractivity contribution is 5.63. The first-order valence-electron chi connectivity index (χ1n) is 4.74. The third-order valence-electron chi connectivity index (χ3n) is 2.86. The van der Waals surface area contributed by atoms with Crippen LogP contribution in [-0.4, -0.2) is 29.3 Å². The van der Waals surface area contributed by atoms with Crippen LogP contribution in [0.4, 0.5) is 4.79 Å². The molecule has 2 aliphatic rings. The molecule has 0 aliphatic carbocycles. The number of hydrogen-bond acceptors (Lipinski definition) is 3. The zero-order valence-electron chi connectivity index (χ0n) is 7.42. The van der Waals surface area contributed by atoms with Gasteiger partial charge < -0.3 is 10.4 Å². The van der Waals surface area contributed by atoms with Gasteiger partial charge in [-0.05, 0) is 25.7 Å². The predicted molar refractivity (Wildman–Crippen MR) is 47.3 cm³/mol. The second-order valence-corrected chi connectivity index (χ2v) is 3.88. The van der Waals surface area contributed by atoms with Gasteiger partial charge in [0, 0.05) is 18.1 Å². The van der Waals surface area contributed by atoms with Gasteiger partial charge in [-0.1, -0.05) is 0 Å². The summed E-state index contributed by atoms with van der Waals surface area (Å²) in [5.41, 5.74) is 5.06. The largest absolute Gasteiger partial charge is 0.464 e. The number of amides is 1. The van der Waals surface area contributed by atoms with Crippen LogP contribution in [-0.2, 0) is 0 Å². The smallest absolute Gasteiger partial charge is 0.419 e. The van der Waals surface area contributed by atoms with Crippen LogP contribution in [0.3, 0.4) is 0 Å². The van der Waals surface area contributed by atoms with E-state index >= 15 is 0 Å². The number of carbonyl (C=O) groups is 1. The number of carboxylic acid groups (broad SMARTS) is 1. The molecule has 2 rings (SSSR count). The van der Waals surface area contributed by atoms with Gasteiger partial charge in [-0.25, -0.2) is 10.2 Å². The van der Waals surface area contributed by atoms with Crippen LogP contribution >= 0.6 is 0 Å². The average Bonchev–Trinajstić information content (AvgIpc) is 2.42. The fourth-order valence-corrected chi connectivity index (χ4v) is 2.34. The Labute approximate surface area is 76.9 Å². The maximum absolute atomic E-state index is 10.2. The van der Waals surface area contributed by atoms with E-state index in [-0.39, 0.29) is 0 Å². The molecule has 2 atom stereocenters. The summed E-state index contributed by atoms with van der Waals surface area (Å²) in [6.07, 6.45) is 3.50. The van der Waals surface area contributed by atoms with Crippen LogP contribution in [0.1, 0.15) is 25.7 Å². The fourth-order valence-electron chi connectivity index (χ4n) is 2.34. The topological polar surface area (TPSA) is 73.4 Å². The normalized spacial score (nSPS) is 37.4. The zero-order valence-corrected chi connectivity index (χ0v) is 7.42. The Hall–Kier alpha value is -0.810. The van der Waals surface area contributed by atoms with Crippen LogP contribution < -0.4 is 16.2 Å². The van der Waals surface area contributed by atoms with Crippen molar-refractivity contribution in [3.8, 4) is 0 Å². The molecule has 4 N–H and O–H groups in total. The van der Waals surface area contributed by atoms with E-state index < -0.39 is 6.09 Å². The maximum Gasteiger partial charge on any atom is 0.419 e. The molecule has 13 heavy (non-hydrogen) atoms. The van der Waals surface area contributed by atoms with Gasteiger partial charge in [-0.2, -0.15) is 0 Å². The van der Waals surface area contributed by atoms with Gasteiger partial charge >= 0.3 is 6.09 Å². The lowest BCUT2D eigenvalue weighted by Gasteiger charge is -2.29. The van der Waals surface area contributed by atoms with E-state index in [0.29, 0.717) is 18.1 Å². The lowest BCUT2D eigenvalue weighted by molar-refractivity contribution is 0.181. The fraction of sp³-hybridized carbons (Fsp3) is 0.875.